The van der Waals surface area contributed by atoms with Crippen LogP contribution in [0.1, 0.15) is 61.6 Å². The van der Waals surface area contributed by atoms with E-state index < -0.39 is 21.9 Å². The van der Waals surface area contributed by atoms with E-state index in [4.69, 9.17) is 0 Å². The van der Waals surface area contributed by atoms with Crippen molar-refractivity contribution in [2.75, 3.05) is 17.1 Å². The molecule has 0 heterocycles. The number of aryl methyl sites for hydroxylation is 1. The number of hydrogen-bond acceptors (Lipinski definition) is 4. The lowest BCUT2D eigenvalue weighted by Gasteiger charge is -2.34. The molecule has 230 valence electrons. The van der Waals surface area contributed by atoms with Gasteiger partial charge in [-0.1, -0.05) is 79.9 Å². The Labute approximate surface area is 255 Å². The minimum absolute atomic E-state index is 0.00567. The first-order valence-corrected chi connectivity index (χ1v) is 16.9. The number of sulfonamides is 1. The van der Waals surface area contributed by atoms with E-state index in [1.54, 1.807) is 36.4 Å². The lowest BCUT2D eigenvalue weighted by atomic mass is 9.94. The summed E-state index contributed by atoms with van der Waals surface area (Å²) in [5, 5.41) is 3.18. The molecule has 4 rings (SSSR count). The molecule has 1 aliphatic rings. The molecule has 3 aromatic rings. The molecular formula is C34H42FN3O4S. The van der Waals surface area contributed by atoms with E-state index in [-0.39, 0.29) is 50.2 Å². The number of nitrogens with one attached hydrogen (secondary N) is 1. The predicted octanol–water partition coefficient (Wildman–Crippen LogP) is 5.77. The van der Waals surface area contributed by atoms with E-state index in [1.807, 2.05) is 43.3 Å². The van der Waals surface area contributed by atoms with Crippen LogP contribution >= 0.6 is 0 Å². The molecule has 0 unspecified atom stereocenters. The number of halogens is 1. The minimum atomic E-state index is -3.60. The van der Waals surface area contributed by atoms with E-state index in [2.05, 4.69) is 5.32 Å². The first-order chi connectivity index (χ1) is 20.6. The fourth-order valence-electron chi connectivity index (χ4n) is 5.70. The van der Waals surface area contributed by atoms with Crippen molar-refractivity contribution in [3.8, 4) is 0 Å². The molecule has 2 amide bonds. The molecule has 0 spiro atoms. The third-order valence-corrected chi connectivity index (χ3v) is 9.16. The van der Waals surface area contributed by atoms with Gasteiger partial charge in [0, 0.05) is 37.5 Å². The van der Waals surface area contributed by atoms with Crippen LogP contribution in [0.3, 0.4) is 0 Å². The van der Waals surface area contributed by atoms with Crippen molar-refractivity contribution in [1.82, 2.24) is 10.2 Å². The van der Waals surface area contributed by atoms with Crippen molar-refractivity contribution >= 4 is 27.5 Å². The Bertz CT molecular complexity index is 1480. The standard InChI is InChI=1S/C34H42FN3O4S/c1-26-13-11-19-30(23-26)38(43(2,41)42)22-12-21-33(39)37(25-28-16-9-10-20-31(28)35)32(24-27-14-5-3-6-15-27)34(40)36-29-17-7-4-8-18-29/h3,5-6,9-11,13-16,19-20,23,29,32H,4,7-8,12,17-18,21-22,24-25H2,1-2H3,(H,36,40)/t32-/m0/s1. The smallest absolute Gasteiger partial charge is 0.243 e. The molecule has 0 aliphatic heterocycles. The SMILES string of the molecule is Cc1cccc(N(CCCC(=O)N(Cc2ccccc2F)[C@@H](Cc2ccccc2)C(=O)NC2CCCCC2)S(C)(=O)=O)c1. The van der Waals surface area contributed by atoms with Gasteiger partial charge < -0.3 is 10.2 Å². The van der Waals surface area contributed by atoms with Crippen LogP contribution in [0.2, 0.25) is 0 Å². The summed E-state index contributed by atoms with van der Waals surface area (Å²) in [6.07, 6.45) is 6.67. The van der Waals surface area contributed by atoms with Crippen LogP contribution in [0.4, 0.5) is 10.1 Å². The second-order valence-electron chi connectivity index (χ2n) is 11.4. The zero-order chi connectivity index (χ0) is 30.8. The lowest BCUT2D eigenvalue weighted by Crippen LogP contribution is -2.53. The first-order valence-electron chi connectivity index (χ1n) is 15.0. The highest BCUT2D eigenvalue weighted by atomic mass is 32.2. The number of anilines is 1. The first kappa shape index (κ1) is 32.2. The molecule has 1 aliphatic carbocycles. The third kappa shape index (κ3) is 9.38. The number of benzene rings is 3. The normalized spacial score (nSPS) is 14.6. The average molecular weight is 608 g/mol. The molecule has 0 radical (unpaired) electrons. The molecule has 3 aromatic carbocycles. The second-order valence-corrected chi connectivity index (χ2v) is 13.3. The molecule has 1 N–H and O–H groups in total. The molecule has 1 saturated carbocycles. The maximum absolute atomic E-state index is 14.9. The molecule has 0 saturated heterocycles. The maximum Gasteiger partial charge on any atom is 0.243 e. The highest BCUT2D eigenvalue weighted by Crippen LogP contribution is 2.23. The summed E-state index contributed by atoms with van der Waals surface area (Å²) in [5.74, 6) is -1.03. The number of carbonyl (C=O) groups excluding carboxylic acids is 2. The van der Waals surface area contributed by atoms with E-state index in [1.165, 1.54) is 15.3 Å². The Morgan fingerprint density at radius 3 is 2.33 bits per heavy atom. The van der Waals surface area contributed by atoms with Crippen LogP contribution in [-0.4, -0.2) is 50.0 Å². The largest absolute Gasteiger partial charge is 0.352 e. The van der Waals surface area contributed by atoms with Gasteiger partial charge in [0.05, 0.1) is 11.9 Å². The van der Waals surface area contributed by atoms with Crippen LogP contribution in [0.5, 0.6) is 0 Å². The van der Waals surface area contributed by atoms with Gasteiger partial charge in [0.2, 0.25) is 21.8 Å². The van der Waals surface area contributed by atoms with E-state index >= 15 is 0 Å². The van der Waals surface area contributed by atoms with Crippen LogP contribution in [0, 0.1) is 12.7 Å². The minimum Gasteiger partial charge on any atom is -0.352 e. The highest BCUT2D eigenvalue weighted by molar-refractivity contribution is 7.92. The van der Waals surface area contributed by atoms with E-state index in [9.17, 15) is 22.4 Å². The van der Waals surface area contributed by atoms with Crippen LogP contribution in [-0.2, 0) is 32.6 Å². The maximum atomic E-state index is 14.9. The Morgan fingerprint density at radius 2 is 1.65 bits per heavy atom. The summed E-state index contributed by atoms with van der Waals surface area (Å²) in [7, 11) is -3.60. The summed E-state index contributed by atoms with van der Waals surface area (Å²) in [4.78, 5) is 29.3. The summed E-state index contributed by atoms with van der Waals surface area (Å²) < 4.78 is 41.5. The second kappa shape index (κ2) is 15.1. The zero-order valence-electron chi connectivity index (χ0n) is 25.0. The van der Waals surface area contributed by atoms with Gasteiger partial charge in [0.15, 0.2) is 0 Å². The quantitative estimate of drug-likeness (QED) is 0.267. The predicted molar refractivity (Wildman–Crippen MR) is 169 cm³/mol. The Morgan fingerprint density at radius 1 is 0.953 bits per heavy atom. The summed E-state index contributed by atoms with van der Waals surface area (Å²) in [6, 6.07) is 22.2. The highest BCUT2D eigenvalue weighted by Gasteiger charge is 2.32. The fourth-order valence-corrected chi connectivity index (χ4v) is 6.65. The average Bonchev–Trinajstić information content (AvgIpc) is 2.98. The van der Waals surface area contributed by atoms with Crippen molar-refractivity contribution < 1.29 is 22.4 Å². The Hall–Kier alpha value is -3.72. The Kier molecular flexibility index (Phi) is 11.3. The number of rotatable bonds is 13. The molecular weight excluding hydrogens is 565 g/mol. The molecule has 0 bridgehead atoms. The molecule has 9 heteroatoms. The molecule has 0 aromatic heterocycles. The molecule has 1 atom stereocenters. The molecule has 43 heavy (non-hydrogen) atoms. The van der Waals surface area contributed by atoms with Gasteiger partial charge in [-0.05, 0) is 55.5 Å². The number of carbonyl (C=O) groups is 2. The summed E-state index contributed by atoms with van der Waals surface area (Å²) >= 11 is 0. The Balaban J connectivity index is 1.60. The van der Waals surface area contributed by atoms with Crippen molar-refractivity contribution in [2.45, 2.75) is 76.9 Å². The molecule has 1 fully saturated rings. The summed E-state index contributed by atoms with van der Waals surface area (Å²) in [5.41, 5.74) is 2.66. The van der Waals surface area contributed by atoms with Gasteiger partial charge in [0.25, 0.3) is 0 Å². The van der Waals surface area contributed by atoms with Gasteiger partial charge >= 0.3 is 0 Å². The van der Waals surface area contributed by atoms with Gasteiger partial charge in [0.1, 0.15) is 11.9 Å². The lowest BCUT2D eigenvalue weighted by molar-refractivity contribution is -0.141. The van der Waals surface area contributed by atoms with Gasteiger partial charge in [-0.3, -0.25) is 13.9 Å². The number of nitrogens with zero attached hydrogens (tertiary/aromatic N) is 2. The topological polar surface area (TPSA) is 86.8 Å². The summed E-state index contributed by atoms with van der Waals surface area (Å²) in [6.45, 7) is 1.91. The van der Waals surface area contributed by atoms with Crippen LogP contribution in [0.25, 0.3) is 0 Å². The van der Waals surface area contributed by atoms with Crippen molar-refractivity contribution in [2.24, 2.45) is 0 Å². The van der Waals surface area contributed by atoms with Gasteiger partial charge in [-0.25, -0.2) is 12.8 Å². The molecule has 7 nitrogen and oxygen atoms in total. The van der Waals surface area contributed by atoms with Crippen LogP contribution < -0.4 is 9.62 Å². The van der Waals surface area contributed by atoms with Crippen LogP contribution in [0.15, 0.2) is 78.9 Å². The van der Waals surface area contributed by atoms with E-state index in [0.717, 1.165) is 49.5 Å². The zero-order valence-corrected chi connectivity index (χ0v) is 25.9. The van der Waals surface area contributed by atoms with E-state index in [0.29, 0.717) is 11.3 Å². The number of hydrogen-bond donors (Lipinski definition) is 1. The number of amides is 2. The van der Waals surface area contributed by atoms with Crippen molar-refractivity contribution in [3.05, 3.63) is 101 Å². The van der Waals surface area contributed by atoms with Gasteiger partial charge in [-0.15, -0.1) is 0 Å². The third-order valence-electron chi connectivity index (χ3n) is 7.96. The fraction of sp³-hybridized carbons (Fsp3) is 0.412. The van der Waals surface area contributed by atoms with Gasteiger partial charge in [-0.2, -0.15) is 0 Å². The monoisotopic (exact) mass is 607 g/mol. The van der Waals surface area contributed by atoms with Crippen molar-refractivity contribution in [1.29, 1.82) is 0 Å². The van der Waals surface area contributed by atoms with Crippen molar-refractivity contribution in [3.63, 3.8) is 0 Å².